The summed E-state index contributed by atoms with van der Waals surface area (Å²) in [5, 5.41) is 0.572. The third kappa shape index (κ3) is 1.86. The number of benzene rings is 1. The molecule has 0 aliphatic heterocycles. The Bertz CT molecular complexity index is 556. The second-order valence-corrected chi connectivity index (χ2v) is 3.12. The molecule has 0 aliphatic rings. The van der Waals surface area contributed by atoms with E-state index in [2.05, 4.69) is 4.98 Å². The van der Waals surface area contributed by atoms with E-state index < -0.39 is 17.3 Å². The molecule has 0 saturated heterocycles. The standard InChI is InChI=1S/C10H6F3NO/c11-10(12,13)7-3-1-6-2-4-9(15)14-8(6)5-7/h1-5H,(H,14,15). The first-order valence-corrected chi connectivity index (χ1v) is 4.17. The van der Waals surface area contributed by atoms with Gasteiger partial charge in [-0.3, -0.25) is 4.79 Å². The van der Waals surface area contributed by atoms with Crippen molar-refractivity contribution in [2.24, 2.45) is 0 Å². The molecule has 1 heterocycles. The lowest BCUT2D eigenvalue weighted by atomic mass is 10.1. The molecule has 2 rings (SSSR count). The first-order chi connectivity index (χ1) is 6.97. The van der Waals surface area contributed by atoms with Gasteiger partial charge in [0.05, 0.1) is 5.56 Å². The molecule has 2 nitrogen and oxygen atoms in total. The van der Waals surface area contributed by atoms with Crippen molar-refractivity contribution in [2.45, 2.75) is 6.18 Å². The van der Waals surface area contributed by atoms with Gasteiger partial charge in [0, 0.05) is 11.6 Å². The minimum atomic E-state index is -4.39. The average Bonchev–Trinajstić information content (AvgIpc) is 2.15. The molecule has 0 bridgehead atoms. The van der Waals surface area contributed by atoms with Crippen molar-refractivity contribution in [3.8, 4) is 0 Å². The van der Waals surface area contributed by atoms with Crippen LogP contribution in [0.5, 0.6) is 0 Å². The molecule has 0 spiro atoms. The number of aromatic amines is 1. The molecule has 15 heavy (non-hydrogen) atoms. The average molecular weight is 213 g/mol. The summed E-state index contributed by atoms with van der Waals surface area (Å²) in [7, 11) is 0. The number of hydrogen-bond acceptors (Lipinski definition) is 1. The van der Waals surface area contributed by atoms with E-state index in [0.29, 0.717) is 5.39 Å². The fraction of sp³-hybridized carbons (Fsp3) is 0.100. The lowest BCUT2D eigenvalue weighted by molar-refractivity contribution is -0.137. The maximum absolute atomic E-state index is 12.3. The van der Waals surface area contributed by atoms with E-state index in [1.807, 2.05) is 0 Å². The van der Waals surface area contributed by atoms with Crippen LogP contribution < -0.4 is 5.56 Å². The van der Waals surface area contributed by atoms with Gasteiger partial charge in [0.2, 0.25) is 5.56 Å². The summed E-state index contributed by atoms with van der Waals surface area (Å²) in [5.41, 5.74) is -0.990. The molecule has 78 valence electrons. The Morgan fingerprint density at radius 2 is 1.73 bits per heavy atom. The highest BCUT2D eigenvalue weighted by Gasteiger charge is 2.30. The van der Waals surface area contributed by atoms with Gasteiger partial charge >= 0.3 is 6.18 Å². The largest absolute Gasteiger partial charge is 0.416 e. The van der Waals surface area contributed by atoms with Crippen molar-refractivity contribution in [2.75, 3.05) is 0 Å². The van der Waals surface area contributed by atoms with Crippen LogP contribution in [0.3, 0.4) is 0 Å². The van der Waals surface area contributed by atoms with Gasteiger partial charge in [-0.1, -0.05) is 6.07 Å². The normalized spacial score (nSPS) is 11.9. The maximum atomic E-state index is 12.3. The Hall–Kier alpha value is -1.78. The van der Waals surface area contributed by atoms with Crippen molar-refractivity contribution in [3.05, 3.63) is 46.2 Å². The van der Waals surface area contributed by atoms with Crippen LogP contribution in [0, 0.1) is 0 Å². The zero-order valence-electron chi connectivity index (χ0n) is 7.43. The summed E-state index contributed by atoms with van der Waals surface area (Å²) in [6.07, 6.45) is -4.39. The Morgan fingerprint density at radius 1 is 1.07 bits per heavy atom. The quantitative estimate of drug-likeness (QED) is 0.716. The predicted molar refractivity (Wildman–Crippen MR) is 49.6 cm³/mol. The summed E-state index contributed by atoms with van der Waals surface area (Å²) in [6, 6.07) is 6.00. The highest BCUT2D eigenvalue weighted by Crippen LogP contribution is 2.30. The van der Waals surface area contributed by atoms with Crippen LogP contribution >= 0.6 is 0 Å². The number of fused-ring (bicyclic) bond motifs is 1. The Kier molecular flexibility index (Phi) is 2.03. The maximum Gasteiger partial charge on any atom is 0.416 e. The fourth-order valence-corrected chi connectivity index (χ4v) is 1.33. The minimum Gasteiger partial charge on any atom is -0.322 e. The summed E-state index contributed by atoms with van der Waals surface area (Å²) < 4.78 is 37.0. The van der Waals surface area contributed by atoms with Crippen molar-refractivity contribution >= 4 is 10.9 Å². The lowest BCUT2D eigenvalue weighted by Crippen LogP contribution is -2.07. The number of nitrogens with one attached hydrogen (secondary N) is 1. The number of aromatic nitrogens is 1. The van der Waals surface area contributed by atoms with Gasteiger partial charge in [-0.2, -0.15) is 13.2 Å². The van der Waals surface area contributed by atoms with Crippen LogP contribution in [0.15, 0.2) is 35.1 Å². The molecular formula is C10H6F3NO. The lowest BCUT2D eigenvalue weighted by Gasteiger charge is -2.06. The molecule has 1 N–H and O–H groups in total. The molecule has 0 atom stereocenters. The molecule has 0 fully saturated rings. The van der Waals surface area contributed by atoms with Gasteiger partial charge in [0.1, 0.15) is 0 Å². The number of halogens is 3. The van der Waals surface area contributed by atoms with E-state index >= 15 is 0 Å². The summed E-state index contributed by atoms with van der Waals surface area (Å²) >= 11 is 0. The first-order valence-electron chi connectivity index (χ1n) is 4.17. The number of H-pyrrole nitrogens is 1. The second-order valence-electron chi connectivity index (χ2n) is 3.12. The molecule has 0 unspecified atom stereocenters. The SMILES string of the molecule is O=c1ccc2ccc(C(F)(F)F)cc2[nH]1. The summed E-state index contributed by atoms with van der Waals surface area (Å²) in [4.78, 5) is 13.3. The monoisotopic (exact) mass is 213 g/mol. The third-order valence-corrected chi connectivity index (χ3v) is 2.05. The van der Waals surface area contributed by atoms with E-state index in [4.69, 9.17) is 0 Å². The van der Waals surface area contributed by atoms with Crippen molar-refractivity contribution in [1.82, 2.24) is 4.98 Å². The van der Waals surface area contributed by atoms with Gasteiger partial charge in [0.25, 0.3) is 0 Å². The Balaban J connectivity index is 2.70. The van der Waals surface area contributed by atoms with E-state index in [0.717, 1.165) is 12.1 Å². The van der Waals surface area contributed by atoms with Crippen LogP contribution in [0.4, 0.5) is 13.2 Å². The minimum absolute atomic E-state index is 0.192. The summed E-state index contributed by atoms with van der Waals surface area (Å²) in [6.45, 7) is 0. The molecule has 1 aromatic carbocycles. The number of alkyl halides is 3. The fourth-order valence-electron chi connectivity index (χ4n) is 1.33. The van der Waals surface area contributed by atoms with Crippen LogP contribution in [0.1, 0.15) is 5.56 Å². The van der Waals surface area contributed by atoms with Crippen LogP contribution in [-0.2, 0) is 6.18 Å². The van der Waals surface area contributed by atoms with Crippen LogP contribution in [0.25, 0.3) is 10.9 Å². The highest BCUT2D eigenvalue weighted by molar-refractivity contribution is 5.78. The molecular weight excluding hydrogens is 207 g/mol. The van der Waals surface area contributed by atoms with Crippen molar-refractivity contribution < 1.29 is 13.2 Å². The van der Waals surface area contributed by atoms with Crippen LogP contribution in [0.2, 0.25) is 0 Å². The highest BCUT2D eigenvalue weighted by atomic mass is 19.4. The number of hydrogen-bond donors (Lipinski definition) is 1. The second kappa shape index (κ2) is 3.12. The topological polar surface area (TPSA) is 32.9 Å². The zero-order valence-corrected chi connectivity index (χ0v) is 7.43. The molecule has 0 amide bonds. The third-order valence-electron chi connectivity index (χ3n) is 2.05. The summed E-state index contributed by atoms with van der Waals surface area (Å²) in [5.74, 6) is 0. The Labute approximate surface area is 82.4 Å². The van der Waals surface area contributed by atoms with E-state index in [-0.39, 0.29) is 5.52 Å². The Morgan fingerprint density at radius 3 is 2.40 bits per heavy atom. The molecule has 2 aromatic rings. The molecule has 0 saturated carbocycles. The van der Waals surface area contributed by atoms with Crippen molar-refractivity contribution in [3.63, 3.8) is 0 Å². The van der Waals surface area contributed by atoms with Crippen molar-refractivity contribution in [1.29, 1.82) is 0 Å². The van der Waals surface area contributed by atoms with Gasteiger partial charge in [-0.15, -0.1) is 0 Å². The smallest absolute Gasteiger partial charge is 0.322 e. The molecule has 5 heteroatoms. The zero-order chi connectivity index (χ0) is 11.1. The van der Waals surface area contributed by atoms with E-state index in [1.165, 1.54) is 18.2 Å². The molecule has 0 aliphatic carbocycles. The van der Waals surface area contributed by atoms with Gasteiger partial charge in [-0.25, -0.2) is 0 Å². The van der Waals surface area contributed by atoms with Gasteiger partial charge < -0.3 is 4.98 Å². The van der Waals surface area contributed by atoms with Gasteiger partial charge in [-0.05, 0) is 23.6 Å². The van der Waals surface area contributed by atoms with Crippen LogP contribution in [-0.4, -0.2) is 4.98 Å². The number of pyridine rings is 1. The van der Waals surface area contributed by atoms with E-state index in [1.54, 1.807) is 0 Å². The first kappa shape index (κ1) is 9.76. The molecule has 1 aromatic heterocycles. The van der Waals surface area contributed by atoms with E-state index in [9.17, 15) is 18.0 Å². The predicted octanol–water partition coefficient (Wildman–Crippen LogP) is 2.55. The van der Waals surface area contributed by atoms with Gasteiger partial charge in [0.15, 0.2) is 0 Å². The molecule has 0 radical (unpaired) electrons. The number of rotatable bonds is 0.